The van der Waals surface area contributed by atoms with Crippen molar-refractivity contribution in [2.75, 3.05) is 6.54 Å². The first-order valence-corrected chi connectivity index (χ1v) is 8.51. The minimum Gasteiger partial charge on any atom is -0.370 e. The van der Waals surface area contributed by atoms with E-state index in [-0.39, 0.29) is 24.9 Å². The van der Waals surface area contributed by atoms with Gasteiger partial charge in [-0.25, -0.2) is 9.98 Å². The second-order valence-electron chi connectivity index (χ2n) is 5.86. The molecule has 0 aromatic carbocycles. The van der Waals surface area contributed by atoms with Crippen LogP contribution in [0, 0.1) is 0 Å². The molecule has 0 amide bonds. The van der Waals surface area contributed by atoms with E-state index in [0.29, 0.717) is 0 Å². The molecule has 0 aromatic rings. The standard InChI is InChI=1S/C10H17N7O7S/c11-7-14-6-4(3-5(18)24-16-25(21,22)23)13-8(12)17-2-1-9(19,20)10(6,17)15-7/h4,6,16,19-20H,1-3H2,(H2,12,13)(H3,11,14,15)(H,21,22,23)/t4-,6?,10?/m0/s1. The van der Waals surface area contributed by atoms with Crippen LogP contribution in [0.3, 0.4) is 0 Å². The number of aliphatic imine (C=N–C) groups is 2. The van der Waals surface area contributed by atoms with Crippen molar-refractivity contribution in [3.8, 4) is 0 Å². The zero-order valence-corrected chi connectivity index (χ0v) is 13.5. The molecule has 0 aromatic heterocycles. The molecular formula is C10H17N7O7S. The van der Waals surface area contributed by atoms with Gasteiger partial charge in [-0.3, -0.25) is 9.35 Å². The monoisotopic (exact) mass is 379 g/mol. The summed E-state index contributed by atoms with van der Waals surface area (Å²) in [7, 11) is -4.73. The number of nitrogens with one attached hydrogen (secondary N) is 2. The Balaban J connectivity index is 1.87. The Labute approximate surface area is 141 Å². The topological polar surface area (TPSA) is 225 Å². The lowest BCUT2D eigenvalue weighted by molar-refractivity contribution is -0.221. The van der Waals surface area contributed by atoms with Crippen molar-refractivity contribution in [2.24, 2.45) is 21.5 Å². The lowest BCUT2D eigenvalue weighted by Crippen LogP contribution is -2.76. The SMILES string of the molecule is NC1=NC2[C@H](CC(=O)ONS(=O)(=O)O)N=C(N)N3CCC(O)(O)C23N1. The molecule has 15 heteroatoms. The third-order valence-electron chi connectivity index (χ3n) is 4.32. The summed E-state index contributed by atoms with van der Waals surface area (Å²) >= 11 is 0. The van der Waals surface area contributed by atoms with E-state index in [0.717, 1.165) is 4.89 Å². The Kier molecular flexibility index (Phi) is 3.80. The number of guanidine groups is 2. The van der Waals surface area contributed by atoms with Crippen molar-refractivity contribution < 1.29 is 32.8 Å². The number of rotatable bonds is 4. The molecular weight excluding hydrogens is 362 g/mol. The molecule has 1 saturated heterocycles. The molecule has 3 aliphatic heterocycles. The average Bonchev–Trinajstić information content (AvgIpc) is 2.95. The van der Waals surface area contributed by atoms with Crippen LogP contribution in [0.1, 0.15) is 12.8 Å². The molecule has 25 heavy (non-hydrogen) atoms. The van der Waals surface area contributed by atoms with Gasteiger partial charge >= 0.3 is 16.3 Å². The van der Waals surface area contributed by atoms with E-state index in [1.807, 2.05) is 0 Å². The van der Waals surface area contributed by atoms with Gasteiger partial charge in [-0.05, 0) is 4.89 Å². The van der Waals surface area contributed by atoms with Crippen LogP contribution in [0.25, 0.3) is 0 Å². The van der Waals surface area contributed by atoms with Crippen molar-refractivity contribution >= 4 is 28.2 Å². The van der Waals surface area contributed by atoms with Crippen LogP contribution in [-0.4, -0.2) is 76.1 Å². The van der Waals surface area contributed by atoms with E-state index < -0.39 is 46.2 Å². The Morgan fingerprint density at radius 2 is 2.12 bits per heavy atom. The normalized spacial score (nSPS) is 33.0. The highest BCUT2D eigenvalue weighted by molar-refractivity contribution is 7.83. The van der Waals surface area contributed by atoms with Gasteiger partial charge in [-0.2, -0.15) is 8.42 Å². The maximum Gasteiger partial charge on any atom is 0.365 e. The van der Waals surface area contributed by atoms with Gasteiger partial charge in [0.2, 0.25) is 5.79 Å². The summed E-state index contributed by atoms with van der Waals surface area (Å²) in [5.41, 5.74) is 9.94. The Bertz CT molecular complexity index is 766. The molecule has 14 nitrogen and oxygen atoms in total. The second-order valence-corrected chi connectivity index (χ2v) is 6.98. The summed E-state index contributed by atoms with van der Waals surface area (Å²) in [4.78, 5) is 26.7. The highest BCUT2D eigenvalue weighted by Gasteiger charge is 2.69. The van der Waals surface area contributed by atoms with Gasteiger partial charge in [0.25, 0.3) is 0 Å². The molecule has 1 fully saturated rings. The van der Waals surface area contributed by atoms with Gasteiger partial charge < -0.3 is 36.7 Å². The first-order chi connectivity index (χ1) is 11.5. The van der Waals surface area contributed by atoms with Gasteiger partial charge in [0.05, 0.1) is 12.5 Å². The molecule has 3 heterocycles. The second kappa shape index (κ2) is 5.40. The summed E-state index contributed by atoms with van der Waals surface area (Å²) in [5, 5.41) is 23.5. The quantitative estimate of drug-likeness (QED) is 0.139. The van der Waals surface area contributed by atoms with E-state index in [9.17, 15) is 23.4 Å². The van der Waals surface area contributed by atoms with Crippen LogP contribution in [0.15, 0.2) is 9.98 Å². The van der Waals surface area contributed by atoms with Crippen LogP contribution in [0.2, 0.25) is 0 Å². The maximum absolute atomic E-state index is 11.8. The molecule has 1 spiro atoms. The largest absolute Gasteiger partial charge is 0.370 e. The molecule has 3 aliphatic rings. The van der Waals surface area contributed by atoms with E-state index >= 15 is 0 Å². The van der Waals surface area contributed by atoms with E-state index in [4.69, 9.17) is 16.0 Å². The van der Waals surface area contributed by atoms with Crippen molar-refractivity contribution in [2.45, 2.75) is 36.4 Å². The summed E-state index contributed by atoms with van der Waals surface area (Å²) < 4.78 is 29.6. The molecule has 3 atom stereocenters. The fraction of sp³-hybridized carbons (Fsp3) is 0.700. The summed E-state index contributed by atoms with van der Waals surface area (Å²) in [5.74, 6) is -3.52. The summed E-state index contributed by atoms with van der Waals surface area (Å²) in [6, 6.07) is -2.02. The van der Waals surface area contributed by atoms with E-state index in [1.165, 1.54) is 4.90 Å². The molecule has 9 N–H and O–H groups in total. The maximum atomic E-state index is 11.8. The van der Waals surface area contributed by atoms with Crippen molar-refractivity contribution in [3.05, 3.63) is 0 Å². The average molecular weight is 379 g/mol. The number of nitrogens with two attached hydrogens (primary N) is 2. The van der Waals surface area contributed by atoms with Crippen LogP contribution in [0.5, 0.6) is 0 Å². The van der Waals surface area contributed by atoms with Crippen LogP contribution in [-0.2, 0) is 19.9 Å². The zero-order valence-electron chi connectivity index (χ0n) is 12.7. The smallest absolute Gasteiger partial charge is 0.365 e. The third kappa shape index (κ3) is 2.74. The number of hydrogen-bond acceptors (Lipinski definition) is 12. The predicted molar refractivity (Wildman–Crippen MR) is 80.6 cm³/mol. The van der Waals surface area contributed by atoms with Gasteiger partial charge in [0, 0.05) is 13.0 Å². The van der Waals surface area contributed by atoms with Gasteiger partial charge in [-0.1, -0.05) is 0 Å². The fourth-order valence-electron chi connectivity index (χ4n) is 3.40. The van der Waals surface area contributed by atoms with Crippen LogP contribution < -0.4 is 21.7 Å². The lowest BCUT2D eigenvalue weighted by atomic mass is 9.85. The van der Waals surface area contributed by atoms with E-state index in [2.05, 4.69) is 20.1 Å². The van der Waals surface area contributed by atoms with Crippen molar-refractivity contribution in [3.63, 3.8) is 0 Å². The molecule has 2 unspecified atom stereocenters. The van der Waals surface area contributed by atoms with E-state index in [1.54, 1.807) is 0 Å². The number of aliphatic hydroxyl groups is 2. The van der Waals surface area contributed by atoms with Gasteiger partial charge in [0.15, 0.2) is 17.6 Å². The van der Waals surface area contributed by atoms with Crippen LogP contribution in [0.4, 0.5) is 0 Å². The number of hydrogen-bond donors (Lipinski definition) is 7. The first-order valence-electron chi connectivity index (χ1n) is 7.07. The Morgan fingerprint density at radius 1 is 1.44 bits per heavy atom. The predicted octanol–water partition coefficient (Wildman–Crippen LogP) is -4.71. The lowest BCUT2D eigenvalue weighted by Gasteiger charge is -2.48. The van der Waals surface area contributed by atoms with Gasteiger partial charge in [0.1, 0.15) is 6.04 Å². The molecule has 0 saturated carbocycles. The fourth-order valence-corrected chi connectivity index (χ4v) is 3.60. The molecule has 0 aliphatic carbocycles. The molecule has 3 rings (SSSR count). The zero-order chi connectivity index (χ0) is 18.6. The third-order valence-corrected chi connectivity index (χ3v) is 4.61. The van der Waals surface area contributed by atoms with Crippen LogP contribution >= 0.6 is 0 Å². The molecule has 140 valence electrons. The number of nitrogens with zero attached hydrogens (tertiary/aromatic N) is 3. The number of carbonyl (C=O) groups excluding carboxylic acids is 1. The minimum atomic E-state index is -4.73. The minimum absolute atomic E-state index is 0.0702. The van der Waals surface area contributed by atoms with Crippen molar-refractivity contribution in [1.29, 1.82) is 0 Å². The summed E-state index contributed by atoms with van der Waals surface area (Å²) in [6.07, 6.45) is -0.588. The van der Waals surface area contributed by atoms with Crippen molar-refractivity contribution in [1.82, 2.24) is 15.1 Å². The Morgan fingerprint density at radius 3 is 2.76 bits per heavy atom. The molecule has 0 radical (unpaired) electrons. The molecule has 0 bridgehead atoms. The first kappa shape index (κ1) is 17.6. The highest BCUT2D eigenvalue weighted by atomic mass is 32.2. The van der Waals surface area contributed by atoms with Gasteiger partial charge in [-0.15, -0.1) is 0 Å². The highest BCUT2D eigenvalue weighted by Crippen LogP contribution is 2.44. The Hall–Kier alpha value is -2.20. The summed E-state index contributed by atoms with van der Waals surface area (Å²) in [6.45, 7) is 0.163. The number of carbonyl (C=O) groups is 1.